The summed E-state index contributed by atoms with van der Waals surface area (Å²) in [5.41, 5.74) is 0.511. The Morgan fingerprint density at radius 1 is 1.53 bits per heavy atom. The number of nitrogens with zero attached hydrogens (tertiary/aromatic N) is 1. The number of ether oxygens (including phenoxy) is 1. The predicted molar refractivity (Wildman–Crippen MR) is 72.7 cm³/mol. The molecule has 19 heavy (non-hydrogen) atoms. The largest absolute Gasteiger partial charge is 0.366 e. The number of nitrogens with one attached hydrogen (secondary N) is 1. The number of amides is 1. The van der Waals surface area contributed by atoms with Gasteiger partial charge in [-0.05, 0) is 6.07 Å². The first-order chi connectivity index (χ1) is 8.68. The van der Waals surface area contributed by atoms with Crippen LogP contribution in [-0.4, -0.2) is 43.7 Å². The highest BCUT2D eigenvalue weighted by Crippen LogP contribution is 2.10. The smallest absolute Gasteiger partial charge is 0.253 e. The van der Waals surface area contributed by atoms with E-state index in [2.05, 4.69) is 5.32 Å². The Hall–Kier alpha value is -1.17. The van der Waals surface area contributed by atoms with Gasteiger partial charge in [-0.2, -0.15) is 0 Å². The zero-order chi connectivity index (χ0) is 13.0. The summed E-state index contributed by atoms with van der Waals surface area (Å²) < 4.78 is 18.9. The zero-order valence-corrected chi connectivity index (χ0v) is 11.6. The number of carbonyl (C=O) groups excluding carboxylic acids is 1. The van der Waals surface area contributed by atoms with Crippen LogP contribution in [0.5, 0.6) is 0 Å². The van der Waals surface area contributed by atoms with Gasteiger partial charge in [-0.3, -0.25) is 4.79 Å². The van der Waals surface area contributed by atoms with E-state index >= 15 is 0 Å². The van der Waals surface area contributed by atoms with E-state index in [0.717, 1.165) is 6.54 Å². The van der Waals surface area contributed by atoms with Gasteiger partial charge in [-0.15, -0.1) is 12.4 Å². The Balaban J connectivity index is 0.00000180. The van der Waals surface area contributed by atoms with Crippen molar-refractivity contribution in [3.05, 3.63) is 35.6 Å². The van der Waals surface area contributed by atoms with Crippen molar-refractivity contribution >= 4 is 18.3 Å². The van der Waals surface area contributed by atoms with Gasteiger partial charge < -0.3 is 15.0 Å². The molecule has 0 radical (unpaired) electrons. The Morgan fingerprint density at radius 3 is 2.89 bits per heavy atom. The number of hydrogen-bond donors (Lipinski definition) is 1. The number of morpholine rings is 1. The van der Waals surface area contributed by atoms with E-state index in [1.165, 1.54) is 11.0 Å². The van der Waals surface area contributed by atoms with Crippen LogP contribution in [0.25, 0.3) is 0 Å². The number of rotatable bonds is 3. The van der Waals surface area contributed by atoms with E-state index in [0.29, 0.717) is 18.7 Å². The Kier molecular flexibility index (Phi) is 6.21. The van der Waals surface area contributed by atoms with Crippen LogP contribution in [-0.2, 0) is 16.1 Å². The fraction of sp³-hybridized carbons (Fsp3) is 0.462. The monoisotopic (exact) mass is 288 g/mol. The first-order valence-electron chi connectivity index (χ1n) is 5.99. The van der Waals surface area contributed by atoms with Crippen molar-refractivity contribution in [3.63, 3.8) is 0 Å². The third-order valence-electron chi connectivity index (χ3n) is 2.94. The second-order valence-electron chi connectivity index (χ2n) is 4.35. The first kappa shape index (κ1) is 15.9. The van der Waals surface area contributed by atoms with Gasteiger partial charge in [0.2, 0.25) is 0 Å². The average molecular weight is 289 g/mol. The molecule has 1 saturated heterocycles. The summed E-state index contributed by atoms with van der Waals surface area (Å²) in [6.07, 6.45) is -0.462. The summed E-state index contributed by atoms with van der Waals surface area (Å²) >= 11 is 0. The van der Waals surface area contributed by atoms with Gasteiger partial charge in [-0.1, -0.05) is 18.2 Å². The lowest BCUT2D eigenvalue weighted by molar-refractivity contribution is -0.144. The highest BCUT2D eigenvalue weighted by Gasteiger charge is 2.25. The third kappa shape index (κ3) is 4.16. The molecule has 1 amide bonds. The average Bonchev–Trinajstić information content (AvgIpc) is 2.41. The molecule has 2 rings (SSSR count). The van der Waals surface area contributed by atoms with Gasteiger partial charge in [0.1, 0.15) is 11.9 Å². The van der Waals surface area contributed by atoms with Gasteiger partial charge in [0.05, 0.1) is 6.61 Å². The zero-order valence-electron chi connectivity index (χ0n) is 10.8. The van der Waals surface area contributed by atoms with Crippen molar-refractivity contribution in [1.29, 1.82) is 0 Å². The molecule has 1 atom stereocenters. The summed E-state index contributed by atoms with van der Waals surface area (Å²) in [6, 6.07) is 6.47. The summed E-state index contributed by atoms with van der Waals surface area (Å²) in [6.45, 7) is 2.07. The van der Waals surface area contributed by atoms with E-state index in [1.54, 1.807) is 25.2 Å². The van der Waals surface area contributed by atoms with Crippen molar-refractivity contribution in [3.8, 4) is 0 Å². The lowest BCUT2D eigenvalue weighted by atomic mass is 10.2. The standard InChI is InChI=1S/C13H17FN2O2.ClH/c1-16(9-10-4-2-3-5-11(10)14)13(17)12-8-15-6-7-18-12;/h2-5,12,15H,6-9H2,1H3;1H. The maximum Gasteiger partial charge on any atom is 0.253 e. The number of benzene rings is 1. The molecule has 6 heteroatoms. The van der Waals surface area contributed by atoms with Gasteiger partial charge in [-0.25, -0.2) is 4.39 Å². The van der Waals surface area contributed by atoms with Crippen LogP contribution < -0.4 is 5.32 Å². The third-order valence-corrected chi connectivity index (χ3v) is 2.94. The lowest BCUT2D eigenvalue weighted by Crippen LogP contribution is -2.48. The molecule has 0 bridgehead atoms. The highest BCUT2D eigenvalue weighted by molar-refractivity contribution is 5.85. The van der Waals surface area contributed by atoms with E-state index in [-0.39, 0.29) is 30.7 Å². The number of halogens is 2. The molecule has 1 aliphatic heterocycles. The SMILES string of the molecule is CN(Cc1ccccc1F)C(=O)C1CNCCO1.Cl. The molecule has 1 N–H and O–H groups in total. The van der Waals surface area contributed by atoms with Crippen molar-refractivity contribution in [2.24, 2.45) is 0 Å². The molecule has 1 aromatic rings. The van der Waals surface area contributed by atoms with Crippen LogP contribution in [0.3, 0.4) is 0 Å². The minimum atomic E-state index is -0.462. The molecule has 0 aromatic heterocycles. The molecule has 4 nitrogen and oxygen atoms in total. The Labute approximate surface area is 118 Å². The van der Waals surface area contributed by atoms with Crippen molar-refractivity contribution in [2.75, 3.05) is 26.7 Å². The fourth-order valence-corrected chi connectivity index (χ4v) is 1.93. The van der Waals surface area contributed by atoms with Crippen LogP contribution in [0.2, 0.25) is 0 Å². The maximum atomic E-state index is 13.5. The molecule has 1 heterocycles. The quantitative estimate of drug-likeness (QED) is 0.909. The van der Waals surface area contributed by atoms with Gasteiger partial charge in [0, 0.05) is 32.2 Å². The first-order valence-corrected chi connectivity index (χ1v) is 5.99. The second-order valence-corrected chi connectivity index (χ2v) is 4.35. The van der Waals surface area contributed by atoms with Crippen molar-refractivity contribution in [2.45, 2.75) is 12.6 Å². The number of hydrogen-bond acceptors (Lipinski definition) is 3. The fourth-order valence-electron chi connectivity index (χ4n) is 1.93. The molecule has 1 unspecified atom stereocenters. The minimum absolute atomic E-state index is 0. The lowest BCUT2D eigenvalue weighted by Gasteiger charge is -2.27. The van der Waals surface area contributed by atoms with E-state index in [4.69, 9.17) is 4.74 Å². The van der Waals surface area contributed by atoms with Gasteiger partial charge >= 0.3 is 0 Å². The molecule has 0 saturated carbocycles. The van der Waals surface area contributed by atoms with Crippen LogP contribution in [0.1, 0.15) is 5.56 Å². The van der Waals surface area contributed by atoms with Crippen LogP contribution in [0, 0.1) is 5.82 Å². The summed E-state index contributed by atoms with van der Waals surface area (Å²) in [4.78, 5) is 13.5. The summed E-state index contributed by atoms with van der Waals surface area (Å²) in [7, 11) is 1.66. The molecule has 1 fully saturated rings. The summed E-state index contributed by atoms with van der Waals surface area (Å²) in [5.74, 6) is -0.412. The van der Waals surface area contributed by atoms with Crippen molar-refractivity contribution in [1.82, 2.24) is 10.2 Å². The van der Waals surface area contributed by atoms with E-state index in [9.17, 15) is 9.18 Å². The summed E-state index contributed by atoms with van der Waals surface area (Å²) in [5, 5.41) is 3.10. The van der Waals surface area contributed by atoms with Gasteiger partial charge in [0.15, 0.2) is 0 Å². The van der Waals surface area contributed by atoms with Crippen LogP contribution >= 0.6 is 12.4 Å². The molecule has 0 aliphatic carbocycles. The minimum Gasteiger partial charge on any atom is -0.366 e. The molecular formula is C13H18ClFN2O2. The second kappa shape index (κ2) is 7.43. The van der Waals surface area contributed by atoms with Crippen LogP contribution in [0.4, 0.5) is 4.39 Å². The Bertz CT molecular complexity index is 425. The molecule has 0 spiro atoms. The van der Waals surface area contributed by atoms with Crippen molar-refractivity contribution < 1.29 is 13.9 Å². The maximum absolute atomic E-state index is 13.5. The normalized spacial score (nSPS) is 18.5. The van der Waals surface area contributed by atoms with E-state index in [1.807, 2.05) is 0 Å². The van der Waals surface area contributed by atoms with Gasteiger partial charge in [0.25, 0.3) is 5.91 Å². The molecule has 106 valence electrons. The van der Waals surface area contributed by atoms with Crippen LogP contribution in [0.15, 0.2) is 24.3 Å². The van der Waals surface area contributed by atoms with E-state index < -0.39 is 6.10 Å². The number of carbonyl (C=O) groups is 1. The number of likely N-dealkylation sites (N-methyl/N-ethyl adjacent to an activating group) is 1. The highest BCUT2D eigenvalue weighted by atomic mass is 35.5. The molecule has 1 aliphatic rings. The predicted octanol–water partition coefficient (Wildman–Crippen LogP) is 1.19. The Morgan fingerprint density at radius 2 is 2.26 bits per heavy atom. The molecule has 1 aromatic carbocycles. The molecular weight excluding hydrogens is 271 g/mol. The topological polar surface area (TPSA) is 41.6 Å².